The highest BCUT2D eigenvalue weighted by Gasteiger charge is 2.36. The van der Waals surface area contributed by atoms with Gasteiger partial charge in [-0.3, -0.25) is 24.1 Å². The molecule has 7 nitrogen and oxygen atoms in total. The summed E-state index contributed by atoms with van der Waals surface area (Å²) in [4.78, 5) is 50.7. The van der Waals surface area contributed by atoms with E-state index in [1.165, 1.54) is 0 Å². The van der Waals surface area contributed by atoms with Crippen molar-refractivity contribution in [1.29, 1.82) is 0 Å². The number of fused-ring (bicyclic) bond motifs is 1. The summed E-state index contributed by atoms with van der Waals surface area (Å²) in [7, 11) is 0. The standard InChI is InChI=1S/C17H18N2O5S/c20-14(18-7-8-25-10-11(18)9-15(21)22)5-6-19-16(23)12-3-1-2-4-13(12)17(19)24/h1-4,11H,5-10H2,(H,21,22). The second-order valence-electron chi connectivity index (χ2n) is 5.97. The fourth-order valence-corrected chi connectivity index (χ4v) is 4.21. The topological polar surface area (TPSA) is 95.0 Å². The first-order valence-electron chi connectivity index (χ1n) is 8.03. The molecule has 25 heavy (non-hydrogen) atoms. The molecule has 1 fully saturated rings. The molecule has 1 aromatic carbocycles. The van der Waals surface area contributed by atoms with E-state index in [0.717, 1.165) is 10.7 Å². The molecule has 0 aliphatic carbocycles. The monoisotopic (exact) mass is 362 g/mol. The summed E-state index contributed by atoms with van der Waals surface area (Å²) >= 11 is 1.63. The molecule has 0 radical (unpaired) electrons. The molecule has 0 aromatic heterocycles. The van der Waals surface area contributed by atoms with Gasteiger partial charge in [0.1, 0.15) is 0 Å². The number of hydrogen-bond donors (Lipinski definition) is 1. The van der Waals surface area contributed by atoms with Gasteiger partial charge in [0, 0.05) is 31.0 Å². The number of aliphatic carboxylic acids is 1. The molecular formula is C17H18N2O5S. The van der Waals surface area contributed by atoms with E-state index < -0.39 is 5.97 Å². The summed E-state index contributed by atoms with van der Waals surface area (Å²) in [6.07, 6.45) is -0.0853. The maximum Gasteiger partial charge on any atom is 0.305 e. The summed E-state index contributed by atoms with van der Waals surface area (Å²) in [5.41, 5.74) is 0.719. The number of benzene rings is 1. The minimum absolute atomic E-state index is 0.00620. The van der Waals surface area contributed by atoms with Crippen molar-refractivity contribution < 1.29 is 24.3 Å². The molecule has 1 aromatic rings. The lowest BCUT2D eigenvalue weighted by Crippen LogP contribution is -2.48. The first-order valence-corrected chi connectivity index (χ1v) is 9.18. The Morgan fingerprint density at radius 3 is 2.40 bits per heavy atom. The van der Waals surface area contributed by atoms with Crippen molar-refractivity contribution in [2.24, 2.45) is 0 Å². The number of thioether (sulfide) groups is 1. The van der Waals surface area contributed by atoms with Crippen LogP contribution >= 0.6 is 11.8 Å². The van der Waals surface area contributed by atoms with E-state index in [4.69, 9.17) is 5.11 Å². The van der Waals surface area contributed by atoms with Crippen LogP contribution < -0.4 is 0 Å². The molecule has 3 amide bonds. The number of amides is 3. The van der Waals surface area contributed by atoms with Gasteiger partial charge in [-0.15, -0.1) is 0 Å². The number of carboxylic acid groups (broad SMARTS) is 1. The molecule has 1 N–H and O–H groups in total. The van der Waals surface area contributed by atoms with Crippen LogP contribution in [0, 0.1) is 0 Å². The smallest absolute Gasteiger partial charge is 0.305 e. The van der Waals surface area contributed by atoms with Crippen LogP contribution in [0.25, 0.3) is 0 Å². The molecule has 2 aliphatic rings. The zero-order valence-electron chi connectivity index (χ0n) is 13.5. The van der Waals surface area contributed by atoms with Gasteiger partial charge in [-0.1, -0.05) is 12.1 Å². The molecule has 1 unspecified atom stereocenters. The predicted octanol–water partition coefficient (Wildman–Crippen LogP) is 1.09. The molecule has 2 heterocycles. The summed E-state index contributed by atoms with van der Waals surface area (Å²) in [6, 6.07) is 6.25. The normalized spacial score (nSPS) is 19.9. The third-order valence-corrected chi connectivity index (χ3v) is 5.48. The lowest BCUT2D eigenvalue weighted by atomic mass is 10.1. The average molecular weight is 362 g/mol. The summed E-state index contributed by atoms with van der Waals surface area (Å²) in [5.74, 6) is -0.581. The molecule has 3 rings (SSSR count). The van der Waals surface area contributed by atoms with Crippen molar-refractivity contribution in [3.63, 3.8) is 0 Å². The Morgan fingerprint density at radius 2 is 1.80 bits per heavy atom. The van der Waals surface area contributed by atoms with Crippen molar-refractivity contribution in [2.75, 3.05) is 24.6 Å². The van der Waals surface area contributed by atoms with E-state index in [9.17, 15) is 19.2 Å². The van der Waals surface area contributed by atoms with Crippen LogP contribution in [-0.4, -0.2) is 69.2 Å². The summed E-state index contributed by atoms with van der Waals surface area (Å²) < 4.78 is 0. The van der Waals surface area contributed by atoms with E-state index in [0.29, 0.717) is 23.4 Å². The molecule has 0 spiro atoms. The van der Waals surface area contributed by atoms with Gasteiger partial charge in [0.25, 0.3) is 11.8 Å². The Labute approximate surface area is 149 Å². The summed E-state index contributed by atoms with van der Waals surface area (Å²) in [6.45, 7) is 0.498. The maximum atomic E-state index is 12.5. The van der Waals surface area contributed by atoms with E-state index in [-0.39, 0.29) is 43.1 Å². The fraction of sp³-hybridized carbons (Fsp3) is 0.412. The Hall–Kier alpha value is -2.35. The van der Waals surface area contributed by atoms with Crippen LogP contribution in [0.5, 0.6) is 0 Å². The van der Waals surface area contributed by atoms with Crippen molar-refractivity contribution in [2.45, 2.75) is 18.9 Å². The van der Waals surface area contributed by atoms with Gasteiger partial charge in [0.2, 0.25) is 5.91 Å². The number of nitrogens with zero attached hydrogens (tertiary/aromatic N) is 2. The highest BCUT2D eigenvalue weighted by atomic mass is 32.2. The molecular weight excluding hydrogens is 344 g/mol. The van der Waals surface area contributed by atoms with Crippen LogP contribution in [-0.2, 0) is 9.59 Å². The maximum absolute atomic E-state index is 12.5. The van der Waals surface area contributed by atoms with E-state index in [2.05, 4.69) is 0 Å². The Bertz CT molecular complexity index is 701. The Balaban J connectivity index is 1.63. The van der Waals surface area contributed by atoms with Crippen molar-refractivity contribution in [1.82, 2.24) is 9.80 Å². The first kappa shape index (κ1) is 17.5. The number of hydrogen-bond acceptors (Lipinski definition) is 5. The van der Waals surface area contributed by atoms with E-state index >= 15 is 0 Å². The first-order chi connectivity index (χ1) is 12.0. The van der Waals surface area contributed by atoms with Crippen LogP contribution in [0.2, 0.25) is 0 Å². The minimum atomic E-state index is -0.939. The van der Waals surface area contributed by atoms with Gasteiger partial charge in [-0.05, 0) is 12.1 Å². The van der Waals surface area contributed by atoms with E-state index in [1.807, 2.05) is 0 Å². The van der Waals surface area contributed by atoms with Crippen LogP contribution in [0.1, 0.15) is 33.6 Å². The lowest BCUT2D eigenvalue weighted by molar-refractivity contribution is -0.140. The molecule has 1 saturated heterocycles. The zero-order chi connectivity index (χ0) is 18.0. The Morgan fingerprint density at radius 1 is 1.16 bits per heavy atom. The number of rotatable bonds is 5. The molecule has 1 atom stereocenters. The van der Waals surface area contributed by atoms with Gasteiger partial charge in [-0.2, -0.15) is 11.8 Å². The van der Waals surface area contributed by atoms with Gasteiger partial charge in [0.15, 0.2) is 0 Å². The number of imide groups is 1. The van der Waals surface area contributed by atoms with Gasteiger partial charge in [-0.25, -0.2) is 0 Å². The molecule has 0 saturated carbocycles. The minimum Gasteiger partial charge on any atom is -0.481 e. The number of carbonyl (C=O) groups is 4. The third kappa shape index (κ3) is 3.53. The second kappa shape index (κ2) is 7.26. The molecule has 2 aliphatic heterocycles. The SMILES string of the molecule is O=C(O)CC1CSCCN1C(=O)CCN1C(=O)c2ccccc2C1=O. The zero-order valence-corrected chi connectivity index (χ0v) is 14.3. The van der Waals surface area contributed by atoms with Crippen LogP contribution in [0.15, 0.2) is 24.3 Å². The molecule has 132 valence electrons. The van der Waals surface area contributed by atoms with Crippen LogP contribution in [0.4, 0.5) is 0 Å². The third-order valence-electron chi connectivity index (χ3n) is 4.39. The highest BCUT2D eigenvalue weighted by Crippen LogP contribution is 2.24. The van der Waals surface area contributed by atoms with Crippen LogP contribution in [0.3, 0.4) is 0 Å². The quantitative estimate of drug-likeness (QED) is 0.788. The van der Waals surface area contributed by atoms with Crippen molar-refractivity contribution >= 4 is 35.5 Å². The van der Waals surface area contributed by atoms with Crippen molar-refractivity contribution in [3.05, 3.63) is 35.4 Å². The largest absolute Gasteiger partial charge is 0.481 e. The fourth-order valence-electron chi connectivity index (χ4n) is 3.15. The van der Waals surface area contributed by atoms with Gasteiger partial charge >= 0.3 is 5.97 Å². The Kier molecular flexibility index (Phi) is 5.08. The van der Waals surface area contributed by atoms with Crippen molar-refractivity contribution in [3.8, 4) is 0 Å². The van der Waals surface area contributed by atoms with Gasteiger partial charge in [0.05, 0.1) is 23.6 Å². The summed E-state index contributed by atoms with van der Waals surface area (Å²) in [5, 5.41) is 8.99. The number of carbonyl (C=O) groups excluding carboxylic acids is 3. The highest BCUT2D eigenvalue weighted by molar-refractivity contribution is 7.99. The van der Waals surface area contributed by atoms with E-state index in [1.54, 1.807) is 40.9 Å². The predicted molar refractivity (Wildman–Crippen MR) is 91.5 cm³/mol. The lowest BCUT2D eigenvalue weighted by Gasteiger charge is -2.35. The molecule has 0 bridgehead atoms. The second-order valence-corrected chi connectivity index (χ2v) is 7.12. The molecule has 8 heteroatoms. The average Bonchev–Trinajstić information content (AvgIpc) is 2.84. The van der Waals surface area contributed by atoms with Gasteiger partial charge < -0.3 is 10.0 Å². The number of carboxylic acids is 1.